The molecule has 0 heterocycles. The molecule has 0 atom stereocenters. The molecule has 0 nitrogen and oxygen atoms in total. The molecule has 0 fully saturated rings. The van der Waals surface area contributed by atoms with E-state index in [0.717, 1.165) is 10.9 Å². The maximum atomic E-state index is 13.1. The van der Waals surface area contributed by atoms with E-state index in [1.165, 1.54) is 6.07 Å². The second-order valence-corrected chi connectivity index (χ2v) is 3.39. The van der Waals surface area contributed by atoms with Gasteiger partial charge in [-0.2, -0.15) is 0 Å². The predicted octanol–water partition coefficient (Wildman–Crippen LogP) is 4.01. The fourth-order valence-electron chi connectivity index (χ4n) is 0.881. The maximum Gasteiger partial charge on any atom is 0.131 e. The number of halogens is 2. The molecule has 0 bridgehead atoms. The van der Waals surface area contributed by atoms with E-state index in [2.05, 4.69) is 15.9 Å². The first-order chi connectivity index (χ1) is 5.74. The lowest BCUT2D eigenvalue weighted by Gasteiger charge is -1.96. The average molecular weight is 229 g/mol. The molecule has 0 aliphatic carbocycles. The minimum absolute atomic E-state index is 0.186. The van der Waals surface area contributed by atoms with Crippen molar-refractivity contribution in [1.82, 2.24) is 0 Å². The summed E-state index contributed by atoms with van der Waals surface area (Å²) in [5.74, 6) is -0.186. The summed E-state index contributed by atoms with van der Waals surface area (Å²) < 4.78 is 13.9. The Kier molecular flexibility index (Phi) is 3.48. The Labute approximate surface area is 80.2 Å². The third-order valence-electron chi connectivity index (χ3n) is 1.50. The third-order valence-corrected chi connectivity index (χ3v) is 1.99. The van der Waals surface area contributed by atoms with E-state index in [4.69, 9.17) is 0 Å². The fourth-order valence-corrected chi connectivity index (χ4v) is 1.21. The molecule has 1 aromatic rings. The summed E-state index contributed by atoms with van der Waals surface area (Å²) in [6, 6.07) is 5.05. The summed E-state index contributed by atoms with van der Waals surface area (Å²) in [7, 11) is 0. The molecular formula is C10H10BrF. The van der Waals surface area contributed by atoms with E-state index >= 15 is 0 Å². The number of hydrogen-bond acceptors (Lipinski definition) is 0. The van der Waals surface area contributed by atoms with Crippen molar-refractivity contribution in [3.05, 3.63) is 40.1 Å². The smallest absolute Gasteiger partial charge is 0.131 e. The van der Waals surface area contributed by atoms with Crippen molar-refractivity contribution >= 4 is 22.0 Å². The van der Waals surface area contributed by atoms with Crippen molar-refractivity contribution < 1.29 is 4.39 Å². The van der Waals surface area contributed by atoms with Gasteiger partial charge in [0.15, 0.2) is 0 Å². The van der Waals surface area contributed by atoms with Crippen LogP contribution in [0.4, 0.5) is 4.39 Å². The van der Waals surface area contributed by atoms with Crippen molar-refractivity contribution in [3.63, 3.8) is 0 Å². The number of benzene rings is 1. The molecule has 0 saturated heterocycles. The molecule has 2 heteroatoms. The predicted molar refractivity (Wildman–Crippen MR) is 53.4 cm³/mol. The first kappa shape index (κ1) is 9.46. The second kappa shape index (κ2) is 4.41. The SMILES string of the molecule is CCC=Cc1ccc(Br)cc1F. The molecule has 64 valence electrons. The Morgan fingerprint density at radius 1 is 1.50 bits per heavy atom. The largest absolute Gasteiger partial charge is 0.206 e. The van der Waals surface area contributed by atoms with Gasteiger partial charge < -0.3 is 0 Å². The Bertz CT molecular complexity index is 292. The van der Waals surface area contributed by atoms with Gasteiger partial charge in [-0.05, 0) is 18.6 Å². The highest BCUT2D eigenvalue weighted by Crippen LogP contribution is 2.16. The second-order valence-electron chi connectivity index (χ2n) is 2.48. The van der Waals surface area contributed by atoms with Gasteiger partial charge in [-0.3, -0.25) is 0 Å². The highest BCUT2D eigenvalue weighted by Gasteiger charge is 1.97. The van der Waals surface area contributed by atoms with Crippen molar-refractivity contribution in [2.75, 3.05) is 0 Å². The van der Waals surface area contributed by atoms with Crippen LogP contribution in [-0.4, -0.2) is 0 Å². The van der Waals surface area contributed by atoms with E-state index in [1.807, 2.05) is 19.1 Å². The number of hydrogen-bond donors (Lipinski definition) is 0. The van der Waals surface area contributed by atoms with Crippen LogP contribution in [0, 0.1) is 5.82 Å². The average Bonchev–Trinajstić information content (AvgIpc) is 2.03. The highest BCUT2D eigenvalue weighted by molar-refractivity contribution is 9.10. The van der Waals surface area contributed by atoms with Gasteiger partial charge in [0, 0.05) is 10.0 Å². The lowest BCUT2D eigenvalue weighted by Crippen LogP contribution is -1.80. The Morgan fingerprint density at radius 2 is 2.25 bits per heavy atom. The van der Waals surface area contributed by atoms with Crippen LogP contribution in [0.5, 0.6) is 0 Å². The highest BCUT2D eigenvalue weighted by atomic mass is 79.9. The lowest BCUT2D eigenvalue weighted by atomic mass is 10.2. The first-order valence-corrected chi connectivity index (χ1v) is 4.65. The molecule has 1 aromatic carbocycles. The summed E-state index contributed by atoms with van der Waals surface area (Å²) in [5.41, 5.74) is 0.639. The molecule has 0 amide bonds. The molecular weight excluding hydrogens is 219 g/mol. The van der Waals surface area contributed by atoms with Crippen molar-refractivity contribution in [2.45, 2.75) is 13.3 Å². The quantitative estimate of drug-likeness (QED) is 0.718. The van der Waals surface area contributed by atoms with Crippen LogP contribution in [0.3, 0.4) is 0 Å². The van der Waals surface area contributed by atoms with E-state index in [0.29, 0.717) is 5.56 Å². The summed E-state index contributed by atoms with van der Waals surface area (Å²) in [6.45, 7) is 2.02. The standard InChI is InChI=1S/C10H10BrF/c1-2-3-4-8-5-6-9(11)7-10(8)12/h3-7H,2H2,1H3. The van der Waals surface area contributed by atoms with Gasteiger partial charge in [0.1, 0.15) is 5.82 Å². The van der Waals surface area contributed by atoms with Gasteiger partial charge in [-0.15, -0.1) is 0 Å². The summed E-state index contributed by atoms with van der Waals surface area (Å²) in [6.07, 6.45) is 4.66. The van der Waals surface area contributed by atoms with Crippen LogP contribution in [0.25, 0.3) is 6.08 Å². The first-order valence-electron chi connectivity index (χ1n) is 3.85. The van der Waals surface area contributed by atoms with Gasteiger partial charge in [0.2, 0.25) is 0 Å². The van der Waals surface area contributed by atoms with Crippen molar-refractivity contribution in [2.24, 2.45) is 0 Å². The minimum atomic E-state index is -0.186. The molecule has 0 aliphatic rings. The Morgan fingerprint density at radius 3 is 2.83 bits per heavy atom. The van der Waals surface area contributed by atoms with Gasteiger partial charge >= 0.3 is 0 Å². The molecule has 0 spiro atoms. The number of allylic oxidation sites excluding steroid dienone is 1. The van der Waals surface area contributed by atoms with Crippen LogP contribution in [0.2, 0.25) is 0 Å². The molecule has 0 aromatic heterocycles. The van der Waals surface area contributed by atoms with E-state index in [1.54, 1.807) is 12.1 Å². The normalized spacial score (nSPS) is 10.9. The zero-order valence-corrected chi connectivity index (χ0v) is 8.44. The van der Waals surface area contributed by atoms with E-state index < -0.39 is 0 Å². The van der Waals surface area contributed by atoms with Crippen LogP contribution in [-0.2, 0) is 0 Å². The van der Waals surface area contributed by atoms with Crippen molar-refractivity contribution in [1.29, 1.82) is 0 Å². The van der Waals surface area contributed by atoms with Gasteiger partial charge in [0.25, 0.3) is 0 Å². The van der Waals surface area contributed by atoms with E-state index in [9.17, 15) is 4.39 Å². The van der Waals surface area contributed by atoms with Gasteiger partial charge in [0.05, 0.1) is 0 Å². The molecule has 12 heavy (non-hydrogen) atoms. The van der Waals surface area contributed by atoms with E-state index in [-0.39, 0.29) is 5.82 Å². The lowest BCUT2D eigenvalue weighted by molar-refractivity contribution is 0.624. The van der Waals surface area contributed by atoms with Crippen LogP contribution in [0.1, 0.15) is 18.9 Å². The minimum Gasteiger partial charge on any atom is -0.206 e. The zero-order chi connectivity index (χ0) is 8.97. The summed E-state index contributed by atoms with van der Waals surface area (Å²) in [4.78, 5) is 0. The molecule has 0 aliphatic heterocycles. The van der Waals surface area contributed by atoms with Crippen LogP contribution < -0.4 is 0 Å². The third kappa shape index (κ3) is 2.45. The topological polar surface area (TPSA) is 0 Å². The maximum absolute atomic E-state index is 13.1. The monoisotopic (exact) mass is 228 g/mol. The molecule has 0 unspecified atom stereocenters. The van der Waals surface area contributed by atoms with Gasteiger partial charge in [-0.1, -0.05) is 41.1 Å². The molecule has 0 radical (unpaired) electrons. The molecule has 0 saturated carbocycles. The molecule has 1 rings (SSSR count). The Balaban J connectivity index is 2.94. The van der Waals surface area contributed by atoms with Gasteiger partial charge in [-0.25, -0.2) is 4.39 Å². The Hall–Kier alpha value is -0.630. The van der Waals surface area contributed by atoms with Crippen LogP contribution >= 0.6 is 15.9 Å². The zero-order valence-electron chi connectivity index (χ0n) is 6.85. The van der Waals surface area contributed by atoms with Crippen LogP contribution in [0.15, 0.2) is 28.7 Å². The fraction of sp³-hybridized carbons (Fsp3) is 0.200. The summed E-state index contributed by atoms with van der Waals surface area (Å²) >= 11 is 3.20. The number of rotatable bonds is 2. The van der Waals surface area contributed by atoms with Crippen molar-refractivity contribution in [3.8, 4) is 0 Å². The molecule has 0 N–H and O–H groups in total. The summed E-state index contributed by atoms with van der Waals surface area (Å²) in [5, 5.41) is 0.